The Hall–Kier alpha value is -0.693. The van der Waals surface area contributed by atoms with E-state index in [2.05, 4.69) is 65.7 Å². The quantitative estimate of drug-likeness (QED) is 0.599. The van der Waals surface area contributed by atoms with Crippen LogP contribution >= 0.6 is 15.9 Å². The van der Waals surface area contributed by atoms with Gasteiger partial charge in [0.05, 0.1) is 6.54 Å². The Kier molecular flexibility index (Phi) is 5.45. The lowest BCUT2D eigenvalue weighted by atomic mass is 10.1. The molecular weight excluding hydrogens is 396 g/mol. The summed E-state index contributed by atoms with van der Waals surface area (Å²) in [6.45, 7) is 15.5. The first kappa shape index (κ1) is 19.1. The lowest BCUT2D eigenvalue weighted by Gasteiger charge is -2.37. The number of halogens is 1. The monoisotopic (exact) mass is 424 g/mol. The van der Waals surface area contributed by atoms with E-state index >= 15 is 0 Å². The summed E-state index contributed by atoms with van der Waals surface area (Å²) >= 11 is 3.44. The molecule has 1 saturated heterocycles. The minimum absolute atomic E-state index is 0.279. The summed E-state index contributed by atoms with van der Waals surface area (Å²) in [5, 5.41) is 0.279. The van der Waals surface area contributed by atoms with E-state index in [4.69, 9.17) is 8.84 Å². The van der Waals surface area contributed by atoms with Crippen molar-refractivity contribution in [1.29, 1.82) is 0 Å². The maximum Gasteiger partial charge on any atom is 0.191 e. The molecule has 0 aromatic carbocycles. The summed E-state index contributed by atoms with van der Waals surface area (Å²) in [5.74, 6) is 1.62. The normalized spacial score (nSPS) is 19.8. The van der Waals surface area contributed by atoms with Crippen LogP contribution in [0.15, 0.2) is 27.2 Å². The summed E-state index contributed by atoms with van der Waals surface area (Å²) in [5.41, 5.74) is 1.77. The third kappa shape index (κ3) is 4.53. The molecule has 0 N–H and O–H groups in total. The minimum Gasteiger partial charge on any atom is -0.458 e. The van der Waals surface area contributed by atoms with Crippen LogP contribution in [0.2, 0.25) is 18.1 Å². The van der Waals surface area contributed by atoms with Gasteiger partial charge in [0.2, 0.25) is 0 Å². The topological polar surface area (TPSA) is 38.5 Å². The predicted molar refractivity (Wildman–Crippen MR) is 108 cm³/mol. The van der Waals surface area contributed by atoms with E-state index in [1.54, 1.807) is 0 Å². The number of fused-ring (bicyclic) bond motifs is 1. The molecule has 138 valence electrons. The highest BCUT2D eigenvalue weighted by atomic mass is 79.9. The molecule has 25 heavy (non-hydrogen) atoms. The SMILES string of the molecule is CC(C)(C)[Si](C)(C)OC[C@H]1CCN(Cc2cc3ncc(Br)cc3o2)C1. The average molecular weight is 425 g/mol. The fourth-order valence-corrected chi connectivity index (χ4v) is 4.37. The number of pyridine rings is 1. The highest BCUT2D eigenvalue weighted by Gasteiger charge is 2.38. The molecule has 3 heterocycles. The lowest BCUT2D eigenvalue weighted by Crippen LogP contribution is -2.42. The highest BCUT2D eigenvalue weighted by molar-refractivity contribution is 9.10. The van der Waals surface area contributed by atoms with E-state index in [0.717, 1.165) is 47.6 Å². The van der Waals surface area contributed by atoms with Gasteiger partial charge in [-0.05, 0) is 59.0 Å². The van der Waals surface area contributed by atoms with Gasteiger partial charge in [0, 0.05) is 29.9 Å². The first-order chi connectivity index (χ1) is 11.6. The van der Waals surface area contributed by atoms with Gasteiger partial charge in [-0.2, -0.15) is 0 Å². The molecule has 2 aromatic heterocycles. The fourth-order valence-electron chi connectivity index (χ4n) is 2.98. The van der Waals surface area contributed by atoms with Crippen LogP contribution in [0.25, 0.3) is 11.1 Å². The molecule has 3 rings (SSSR count). The zero-order valence-corrected chi connectivity index (χ0v) is 18.5. The Morgan fingerprint density at radius 1 is 1.36 bits per heavy atom. The van der Waals surface area contributed by atoms with E-state index in [-0.39, 0.29) is 5.04 Å². The van der Waals surface area contributed by atoms with Crippen molar-refractivity contribution < 1.29 is 8.84 Å². The van der Waals surface area contributed by atoms with Gasteiger partial charge in [-0.3, -0.25) is 9.88 Å². The molecule has 1 aliphatic heterocycles. The Morgan fingerprint density at radius 3 is 2.84 bits per heavy atom. The Morgan fingerprint density at radius 2 is 2.12 bits per heavy atom. The fraction of sp³-hybridized carbons (Fsp3) is 0.632. The second kappa shape index (κ2) is 7.14. The van der Waals surface area contributed by atoms with Crippen LogP contribution < -0.4 is 0 Å². The van der Waals surface area contributed by atoms with Gasteiger partial charge >= 0.3 is 0 Å². The van der Waals surface area contributed by atoms with E-state index < -0.39 is 8.32 Å². The van der Waals surface area contributed by atoms with Crippen molar-refractivity contribution in [3.8, 4) is 0 Å². The van der Waals surface area contributed by atoms with Gasteiger partial charge in [-0.1, -0.05) is 20.8 Å². The molecular formula is C19H29BrN2O2Si. The van der Waals surface area contributed by atoms with Crippen molar-refractivity contribution in [1.82, 2.24) is 9.88 Å². The zero-order valence-electron chi connectivity index (χ0n) is 15.9. The maximum absolute atomic E-state index is 6.41. The number of hydrogen-bond donors (Lipinski definition) is 0. The van der Waals surface area contributed by atoms with Gasteiger partial charge < -0.3 is 8.84 Å². The van der Waals surface area contributed by atoms with E-state index in [9.17, 15) is 0 Å². The molecule has 1 aliphatic rings. The van der Waals surface area contributed by atoms with Crippen LogP contribution in [0, 0.1) is 5.92 Å². The van der Waals surface area contributed by atoms with Crippen molar-refractivity contribution >= 4 is 35.3 Å². The molecule has 0 bridgehead atoms. The number of nitrogens with zero attached hydrogens (tertiary/aromatic N) is 2. The molecule has 0 unspecified atom stereocenters. The molecule has 0 amide bonds. The maximum atomic E-state index is 6.41. The molecule has 0 radical (unpaired) electrons. The van der Waals surface area contributed by atoms with Crippen molar-refractivity contribution in [2.75, 3.05) is 19.7 Å². The van der Waals surface area contributed by atoms with Gasteiger partial charge in [-0.15, -0.1) is 0 Å². The van der Waals surface area contributed by atoms with Crippen LogP contribution in [-0.4, -0.2) is 37.9 Å². The molecule has 0 aliphatic carbocycles. The lowest BCUT2D eigenvalue weighted by molar-refractivity contribution is 0.218. The van der Waals surface area contributed by atoms with Crippen LogP contribution in [-0.2, 0) is 11.0 Å². The molecule has 6 heteroatoms. The number of likely N-dealkylation sites (tertiary alicyclic amines) is 1. The highest BCUT2D eigenvalue weighted by Crippen LogP contribution is 2.37. The number of furan rings is 1. The third-order valence-corrected chi connectivity index (χ3v) is 10.6. The average Bonchev–Trinajstić information content (AvgIpc) is 3.10. The Balaban J connectivity index is 1.54. The first-order valence-electron chi connectivity index (χ1n) is 9.04. The van der Waals surface area contributed by atoms with Crippen LogP contribution in [0.5, 0.6) is 0 Å². The van der Waals surface area contributed by atoms with Crippen LogP contribution in [0.4, 0.5) is 0 Å². The van der Waals surface area contributed by atoms with E-state index in [1.165, 1.54) is 6.42 Å². The largest absolute Gasteiger partial charge is 0.458 e. The molecule has 4 nitrogen and oxygen atoms in total. The van der Waals surface area contributed by atoms with Gasteiger partial charge in [0.1, 0.15) is 11.3 Å². The molecule has 0 saturated carbocycles. The third-order valence-electron chi connectivity index (χ3n) is 5.62. The van der Waals surface area contributed by atoms with Gasteiger partial charge in [0.15, 0.2) is 13.9 Å². The van der Waals surface area contributed by atoms with Crippen LogP contribution in [0.1, 0.15) is 33.0 Å². The molecule has 1 fully saturated rings. The first-order valence-corrected chi connectivity index (χ1v) is 12.7. The van der Waals surface area contributed by atoms with Crippen molar-refractivity contribution in [3.05, 3.63) is 28.6 Å². The molecule has 1 atom stereocenters. The zero-order chi connectivity index (χ0) is 18.2. The van der Waals surface area contributed by atoms with E-state index in [0.29, 0.717) is 5.92 Å². The summed E-state index contributed by atoms with van der Waals surface area (Å²) in [4.78, 5) is 6.86. The number of hydrogen-bond acceptors (Lipinski definition) is 4. The van der Waals surface area contributed by atoms with Crippen molar-refractivity contribution in [3.63, 3.8) is 0 Å². The second-order valence-electron chi connectivity index (χ2n) is 8.71. The Bertz CT molecular complexity index is 739. The smallest absolute Gasteiger partial charge is 0.191 e. The summed E-state index contributed by atoms with van der Waals surface area (Å²) in [7, 11) is -1.65. The molecule has 2 aromatic rings. The van der Waals surface area contributed by atoms with Crippen molar-refractivity contribution in [2.45, 2.75) is 51.9 Å². The minimum atomic E-state index is -1.65. The number of rotatable bonds is 5. The van der Waals surface area contributed by atoms with E-state index in [1.807, 2.05) is 12.3 Å². The van der Waals surface area contributed by atoms with Crippen molar-refractivity contribution in [2.24, 2.45) is 5.92 Å². The Labute approximate surface area is 160 Å². The predicted octanol–water partition coefficient (Wildman–Crippen LogP) is 5.43. The summed E-state index contributed by atoms with van der Waals surface area (Å²) in [6.07, 6.45) is 3.02. The molecule has 0 spiro atoms. The standard InChI is InChI=1S/C19H29BrN2O2Si/c1-19(2,3)25(4,5)23-13-14-6-7-22(11-14)12-16-9-17-18(24-16)8-15(20)10-21-17/h8-10,14H,6-7,11-13H2,1-5H3/t14-/m0/s1. The number of aromatic nitrogens is 1. The summed E-state index contributed by atoms with van der Waals surface area (Å²) < 4.78 is 13.3. The van der Waals surface area contributed by atoms with Crippen LogP contribution in [0.3, 0.4) is 0 Å². The van der Waals surface area contributed by atoms with Gasteiger partial charge in [-0.25, -0.2) is 0 Å². The second-order valence-corrected chi connectivity index (χ2v) is 14.4. The van der Waals surface area contributed by atoms with Gasteiger partial charge in [0.25, 0.3) is 0 Å². The summed E-state index contributed by atoms with van der Waals surface area (Å²) in [6, 6.07) is 4.03.